The van der Waals surface area contributed by atoms with Crippen molar-refractivity contribution in [3.05, 3.63) is 35.4 Å². The Kier molecular flexibility index (Phi) is 4.71. The normalized spacial score (nSPS) is 23.2. The van der Waals surface area contributed by atoms with Crippen molar-refractivity contribution in [2.45, 2.75) is 38.3 Å². The maximum atomic E-state index is 12.2. The fraction of sp³-hybridized carbons (Fsp3) is 0.471. The second kappa shape index (κ2) is 6.91. The molecule has 0 spiro atoms. The number of nitrogens with zero attached hydrogens (tertiary/aromatic N) is 1. The number of amides is 3. The summed E-state index contributed by atoms with van der Waals surface area (Å²) < 4.78 is 0. The molecule has 3 heterocycles. The molecule has 2 N–H and O–H groups in total. The molecule has 3 amide bonds. The molecule has 2 fully saturated rings. The number of rotatable bonds is 1. The third kappa shape index (κ3) is 3.42. The van der Waals surface area contributed by atoms with E-state index < -0.39 is 6.04 Å². The highest BCUT2D eigenvalue weighted by Crippen LogP contribution is 2.26. The van der Waals surface area contributed by atoms with Gasteiger partial charge in [-0.3, -0.25) is 19.7 Å². The molecule has 122 valence electrons. The molecule has 6 nitrogen and oxygen atoms in total. The minimum Gasteiger partial charge on any atom is -0.322 e. The zero-order valence-electron chi connectivity index (χ0n) is 13.0. The van der Waals surface area contributed by atoms with Crippen LogP contribution < -0.4 is 10.6 Å². The Morgan fingerprint density at radius 1 is 1.04 bits per heavy atom. The average Bonchev–Trinajstić information content (AvgIpc) is 3.21. The second-order valence-electron chi connectivity index (χ2n) is 6.01. The molecule has 1 unspecified atom stereocenters. The molecular weight excluding hydrogens is 294 g/mol. The van der Waals surface area contributed by atoms with Crippen molar-refractivity contribution in [2.24, 2.45) is 0 Å². The Morgan fingerprint density at radius 3 is 2.39 bits per heavy atom. The van der Waals surface area contributed by atoms with Gasteiger partial charge < -0.3 is 10.2 Å². The maximum absolute atomic E-state index is 12.2. The Hall–Kier alpha value is -2.21. The number of benzene rings is 1. The van der Waals surface area contributed by atoms with Crippen LogP contribution in [0.2, 0.25) is 0 Å². The third-order valence-electron chi connectivity index (χ3n) is 4.39. The Morgan fingerprint density at radius 2 is 1.78 bits per heavy atom. The molecule has 3 aliphatic heterocycles. The van der Waals surface area contributed by atoms with Crippen molar-refractivity contribution in [3.8, 4) is 0 Å². The van der Waals surface area contributed by atoms with Gasteiger partial charge in [0, 0.05) is 18.5 Å². The van der Waals surface area contributed by atoms with Gasteiger partial charge in [-0.05, 0) is 44.0 Å². The van der Waals surface area contributed by atoms with E-state index in [4.69, 9.17) is 0 Å². The highest BCUT2D eigenvalue weighted by atomic mass is 16.2. The van der Waals surface area contributed by atoms with Crippen LogP contribution in [0.15, 0.2) is 24.3 Å². The van der Waals surface area contributed by atoms with Crippen molar-refractivity contribution in [1.29, 1.82) is 0 Å². The van der Waals surface area contributed by atoms with E-state index in [1.54, 1.807) is 11.0 Å². The van der Waals surface area contributed by atoms with Gasteiger partial charge in [-0.15, -0.1) is 0 Å². The predicted molar refractivity (Wildman–Crippen MR) is 84.6 cm³/mol. The largest absolute Gasteiger partial charge is 0.322 e. The highest BCUT2D eigenvalue weighted by Gasteiger charge is 2.38. The first kappa shape index (κ1) is 15.7. The number of carbonyl (C=O) groups is 3. The smallest absolute Gasteiger partial charge is 0.255 e. The molecule has 1 atom stereocenters. The van der Waals surface area contributed by atoms with E-state index in [2.05, 4.69) is 10.6 Å². The lowest BCUT2D eigenvalue weighted by Gasteiger charge is -2.29. The SMILES string of the molecule is C1CCNC1.O=C1CCC(N2Cc3ccccc3C2=O)C(=O)N1. The van der Waals surface area contributed by atoms with Crippen molar-refractivity contribution < 1.29 is 14.4 Å². The van der Waals surface area contributed by atoms with Crippen molar-refractivity contribution in [3.63, 3.8) is 0 Å². The summed E-state index contributed by atoms with van der Waals surface area (Å²) in [5.41, 5.74) is 1.59. The number of carbonyl (C=O) groups excluding carboxylic acids is 3. The molecule has 23 heavy (non-hydrogen) atoms. The van der Waals surface area contributed by atoms with Crippen LogP contribution in [-0.2, 0) is 16.1 Å². The van der Waals surface area contributed by atoms with Gasteiger partial charge in [0.2, 0.25) is 11.8 Å². The first-order valence-electron chi connectivity index (χ1n) is 8.10. The summed E-state index contributed by atoms with van der Waals surface area (Å²) in [4.78, 5) is 36.6. The lowest BCUT2D eigenvalue weighted by atomic mass is 10.0. The van der Waals surface area contributed by atoms with Gasteiger partial charge in [0.15, 0.2) is 0 Å². The van der Waals surface area contributed by atoms with E-state index in [0.717, 1.165) is 5.56 Å². The minimum absolute atomic E-state index is 0.125. The number of nitrogens with one attached hydrogen (secondary N) is 2. The van der Waals surface area contributed by atoms with Crippen LogP contribution in [0.25, 0.3) is 0 Å². The van der Waals surface area contributed by atoms with Crippen LogP contribution >= 0.6 is 0 Å². The zero-order chi connectivity index (χ0) is 16.2. The summed E-state index contributed by atoms with van der Waals surface area (Å²) in [7, 11) is 0. The molecule has 0 bridgehead atoms. The molecule has 0 aromatic heterocycles. The van der Waals surface area contributed by atoms with E-state index in [1.165, 1.54) is 25.9 Å². The first-order chi connectivity index (χ1) is 11.2. The van der Waals surface area contributed by atoms with E-state index >= 15 is 0 Å². The van der Waals surface area contributed by atoms with Crippen LogP contribution in [0.5, 0.6) is 0 Å². The van der Waals surface area contributed by atoms with Gasteiger partial charge in [0.1, 0.15) is 6.04 Å². The molecule has 0 aliphatic carbocycles. The van der Waals surface area contributed by atoms with Crippen LogP contribution in [-0.4, -0.2) is 41.8 Å². The van der Waals surface area contributed by atoms with E-state index in [1.807, 2.05) is 18.2 Å². The summed E-state index contributed by atoms with van der Waals surface area (Å²) >= 11 is 0. The molecule has 4 rings (SSSR count). The lowest BCUT2D eigenvalue weighted by Crippen LogP contribution is -2.52. The molecule has 2 saturated heterocycles. The van der Waals surface area contributed by atoms with Gasteiger partial charge in [-0.1, -0.05) is 18.2 Å². The fourth-order valence-electron chi connectivity index (χ4n) is 3.13. The quantitative estimate of drug-likeness (QED) is 0.752. The van der Waals surface area contributed by atoms with Gasteiger partial charge in [0.05, 0.1) is 0 Å². The molecule has 6 heteroatoms. The molecular formula is C17H21N3O3. The van der Waals surface area contributed by atoms with Crippen molar-refractivity contribution in [1.82, 2.24) is 15.5 Å². The highest BCUT2D eigenvalue weighted by molar-refractivity contribution is 6.05. The van der Waals surface area contributed by atoms with E-state index in [-0.39, 0.29) is 24.1 Å². The number of hydrogen-bond donors (Lipinski definition) is 2. The molecule has 1 aromatic carbocycles. The Labute approximate surface area is 135 Å². The third-order valence-corrected chi connectivity index (χ3v) is 4.39. The molecule has 0 saturated carbocycles. The predicted octanol–water partition coefficient (Wildman–Crippen LogP) is 0.817. The zero-order valence-corrected chi connectivity index (χ0v) is 13.0. The van der Waals surface area contributed by atoms with E-state index in [0.29, 0.717) is 18.5 Å². The summed E-state index contributed by atoms with van der Waals surface area (Å²) in [6, 6.07) is 6.82. The minimum atomic E-state index is -0.525. The van der Waals surface area contributed by atoms with Crippen LogP contribution in [0.3, 0.4) is 0 Å². The average molecular weight is 315 g/mol. The Balaban J connectivity index is 0.000000267. The topological polar surface area (TPSA) is 78.5 Å². The van der Waals surface area contributed by atoms with Crippen molar-refractivity contribution >= 4 is 17.7 Å². The monoisotopic (exact) mass is 315 g/mol. The summed E-state index contributed by atoms with van der Waals surface area (Å²) in [5.74, 6) is -0.757. The number of fused-ring (bicyclic) bond motifs is 1. The number of piperidine rings is 1. The molecule has 0 radical (unpaired) electrons. The maximum Gasteiger partial charge on any atom is 0.255 e. The fourth-order valence-corrected chi connectivity index (χ4v) is 3.13. The number of hydrogen-bond acceptors (Lipinski definition) is 4. The Bertz CT molecular complexity index is 618. The lowest BCUT2D eigenvalue weighted by molar-refractivity contribution is -0.136. The van der Waals surface area contributed by atoms with E-state index in [9.17, 15) is 14.4 Å². The number of imide groups is 1. The molecule has 3 aliphatic rings. The van der Waals surface area contributed by atoms with Gasteiger partial charge in [-0.25, -0.2) is 0 Å². The summed E-state index contributed by atoms with van der Waals surface area (Å²) in [5, 5.41) is 5.50. The van der Waals surface area contributed by atoms with Crippen LogP contribution in [0.1, 0.15) is 41.6 Å². The van der Waals surface area contributed by atoms with Crippen LogP contribution in [0, 0.1) is 0 Å². The van der Waals surface area contributed by atoms with Gasteiger partial charge >= 0.3 is 0 Å². The van der Waals surface area contributed by atoms with Gasteiger partial charge in [-0.2, -0.15) is 0 Å². The van der Waals surface area contributed by atoms with Crippen LogP contribution in [0.4, 0.5) is 0 Å². The second-order valence-corrected chi connectivity index (χ2v) is 6.01. The van der Waals surface area contributed by atoms with Crippen molar-refractivity contribution in [2.75, 3.05) is 13.1 Å². The van der Waals surface area contributed by atoms with Gasteiger partial charge in [0.25, 0.3) is 5.91 Å². The summed E-state index contributed by atoms with van der Waals surface area (Å²) in [6.07, 6.45) is 3.47. The summed E-state index contributed by atoms with van der Waals surface area (Å²) in [6.45, 7) is 2.95. The molecule has 1 aromatic rings. The first-order valence-corrected chi connectivity index (χ1v) is 8.10. The standard InChI is InChI=1S/C13H12N2O3.C4H9N/c16-11-6-5-10(12(17)14-11)15-7-8-3-1-2-4-9(8)13(15)18;1-2-4-5-3-1/h1-4,10H,5-7H2,(H,14,16,17);5H,1-4H2.